The Hall–Kier alpha value is -3.40. The van der Waals surface area contributed by atoms with Gasteiger partial charge in [0, 0.05) is 5.92 Å². The normalized spacial score (nSPS) is 12.2. The molecule has 0 fully saturated rings. The first-order valence-electron chi connectivity index (χ1n) is 8.65. The fourth-order valence-electron chi connectivity index (χ4n) is 3.30. The van der Waals surface area contributed by atoms with E-state index in [-0.39, 0.29) is 23.0 Å². The van der Waals surface area contributed by atoms with Gasteiger partial charge in [-0.3, -0.25) is 0 Å². The Labute approximate surface area is 155 Å². The second kappa shape index (κ2) is 6.72. The highest BCUT2D eigenvalue weighted by molar-refractivity contribution is 5.84. The third kappa shape index (κ3) is 3.10. The summed E-state index contributed by atoms with van der Waals surface area (Å²) >= 11 is 0. The number of hydrogen-bond acceptors (Lipinski definition) is 3. The first-order valence-corrected chi connectivity index (χ1v) is 8.65. The lowest BCUT2D eigenvalue weighted by Gasteiger charge is -2.14. The Bertz CT molecular complexity index is 1160. The monoisotopic (exact) mass is 360 g/mol. The van der Waals surface area contributed by atoms with Crippen LogP contribution in [0.4, 0.5) is 4.39 Å². The maximum atomic E-state index is 13.1. The van der Waals surface area contributed by atoms with Crippen LogP contribution >= 0.6 is 0 Å². The van der Waals surface area contributed by atoms with Crippen molar-refractivity contribution in [2.45, 2.75) is 12.8 Å². The minimum Gasteiger partial charge on any atom is -0.507 e. The molecular formula is C23H17FO3. The maximum Gasteiger partial charge on any atom is 0.343 e. The topological polar surface area (TPSA) is 50.4 Å². The van der Waals surface area contributed by atoms with Crippen molar-refractivity contribution in [2.75, 3.05) is 0 Å². The van der Waals surface area contributed by atoms with E-state index in [4.69, 9.17) is 4.42 Å². The van der Waals surface area contributed by atoms with Crippen LogP contribution in [0.15, 0.2) is 82.0 Å². The highest BCUT2D eigenvalue weighted by atomic mass is 19.1. The average Bonchev–Trinajstić information content (AvgIpc) is 2.68. The van der Waals surface area contributed by atoms with Gasteiger partial charge in [0.25, 0.3) is 0 Å². The maximum absolute atomic E-state index is 13.1. The van der Waals surface area contributed by atoms with E-state index in [0.29, 0.717) is 11.0 Å². The van der Waals surface area contributed by atoms with Crippen molar-refractivity contribution in [3.63, 3.8) is 0 Å². The molecule has 1 aromatic heterocycles. The molecule has 4 heteroatoms. The van der Waals surface area contributed by atoms with Crippen LogP contribution in [0.25, 0.3) is 22.1 Å². The van der Waals surface area contributed by atoms with Gasteiger partial charge in [-0.15, -0.1) is 0 Å². The van der Waals surface area contributed by atoms with Gasteiger partial charge in [0.05, 0.1) is 10.9 Å². The molecule has 3 nitrogen and oxygen atoms in total. The minimum absolute atomic E-state index is 0.0445. The van der Waals surface area contributed by atoms with Crippen molar-refractivity contribution in [3.05, 3.63) is 100 Å². The lowest BCUT2D eigenvalue weighted by atomic mass is 9.91. The van der Waals surface area contributed by atoms with E-state index in [1.807, 2.05) is 31.2 Å². The fraction of sp³-hybridized carbons (Fsp3) is 0.0870. The number of rotatable bonds is 3. The van der Waals surface area contributed by atoms with Gasteiger partial charge in [-0.25, -0.2) is 9.18 Å². The summed E-state index contributed by atoms with van der Waals surface area (Å²) in [5, 5.41) is 11.1. The highest BCUT2D eigenvalue weighted by Gasteiger charge is 2.21. The van der Waals surface area contributed by atoms with Gasteiger partial charge in [0.2, 0.25) is 0 Å². The molecule has 3 aromatic carbocycles. The number of benzene rings is 3. The molecule has 1 atom stereocenters. The molecule has 0 aliphatic heterocycles. The summed E-state index contributed by atoms with van der Waals surface area (Å²) in [6.07, 6.45) is 0. The SMILES string of the molecule is CC(c1ccc(-c2ccc(F)cc2)cc1)c1c(O)c2ccccc2oc1=O. The lowest BCUT2D eigenvalue weighted by Crippen LogP contribution is -2.12. The quantitative estimate of drug-likeness (QED) is 0.494. The van der Waals surface area contributed by atoms with Crippen LogP contribution in [-0.2, 0) is 0 Å². The smallest absolute Gasteiger partial charge is 0.343 e. The number of halogens is 1. The Morgan fingerprint density at radius 1 is 0.889 bits per heavy atom. The second-order valence-corrected chi connectivity index (χ2v) is 6.50. The molecule has 134 valence electrons. The third-order valence-corrected chi connectivity index (χ3v) is 4.84. The lowest BCUT2D eigenvalue weighted by molar-refractivity contribution is 0.453. The van der Waals surface area contributed by atoms with Gasteiger partial charge in [-0.1, -0.05) is 55.5 Å². The summed E-state index contributed by atoms with van der Waals surface area (Å²) in [4.78, 5) is 12.4. The standard InChI is InChI=1S/C23H17FO3/c1-14(21-22(25)19-4-2-3-5-20(19)27-23(21)26)15-6-8-16(9-7-15)17-10-12-18(24)13-11-17/h2-14,25H,1H3. The van der Waals surface area contributed by atoms with E-state index < -0.39 is 5.63 Å². The first kappa shape index (κ1) is 17.0. The zero-order valence-corrected chi connectivity index (χ0v) is 14.6. The van der Waals surface area contributed by atoms with E-state index in [0.717, 1.165) is 16.7 Å². The van der Waals surface area contributed by atoms with Gasteiger partial charge in [0.15, 0.2) is 0 Å². The van der Waals surface area contributed by atoms with Gasteiger partial charge in [-0.2, -0.15) is 0 Å². The van der Waals surface area contributed by atoms with Crippen LogP contribution in [-0.4, -0.2) is 5.11 Å². The molecule has 4 rings (SSSR count). The average molecular weight is 360 g/mol. The molecular weight excluding hydrogens is 343 g/mol. The molecule has 0 aliphatic rings. The van der Waals surface area contributed by atoms with Crippen molar-refractivity contribution in [2.24, 2.45) is 0 Å². The largest absolute Gasteiger partial charge is 0.507 e. The van der Waals surface area contributed by atoms with Gasteiger partial charge < -0.3 is 9.52 Å². The molecule has 1 unspecified atom stereocenters. The van der Waals surface area contributed by atoms with Crippen LogP contribution in [0.2, 0.25) is 0 Å². The van der Waals surface area contributed by atoms with Crippen molar-refractivity contribution in [1.29, 1.82) is 0 Å². The van der Waals surface area contributed by atoms with Crippen LogP contribution in [0, 0.1) is 5.82 Å². The Kier molecular flexibility index (Phi) is 4.24. The summed E-state index contributed by atoms with van der Waals surface area (Å²) in [6.45, 7) is 1.85. The Balaban J connectivity index is 1.73. The number of aromatic hydroxyl groups is 1. The highest BCUT2D eigenvalue weighted by Crippen LogP contribution is 2.34. The molecule has 0 radical (unpaired) electrons. The molecule has 0 aliphatic carbocycles. The molecule has 0 amide bonds. The number of fused-ring (bicyclic) bond motifs is 1. The zero-order chi connectivity index (χ0) is 19.0. The van der Waals surface area contributed by atoms with E-state index in [1.54, 1.807) is 36.4 Å². The summed E-state index contributed by atoms with van der Waals surface area (Å²) < 4.78 is 18.5. The van der Waals surface area contributed by atoms with Crippen molar-refractivity contribution in [1.82, 2.24) is 0 Å². The predicted molar refractivity (Wildman–Crippen MR) is 104 cm³/mol. The molecule has 0 saturated carbocycles. The van der Waals surface area contributed by atoms with Crippen molar-refractivity contribution in [3.8, 4) is 16.9 Å². The molecule has 1 N–H and O–H groups in total. The fourth-order valence-corrected chi connectivity index (χ4v) is 3.30. The molecule has 0 bridgehead atoms. The van der Waals surface area contributed by atoms with Crippen molar-refractivity contribution < 1.29 is 13.9 Å². The minimum atomic E-state index is -0.540. The predicted octanol–water partition coefficient (Wildman–Crippen LogP) is 5.46. The summed E-state index contributed by atoms with van der Waals surface area (Å²) in [5.74, 6) is -0.660. The number of hydrogen-bond donors (Lipinski definition) is 1. The molecule has 0 saturated heterocycles. The molecule has 27 heavy (non-hydrogen) atoms. The molecule has 1 heterocycles. The van der Waals surface area contributed by atoms with Gasteiger partial charge >= 0.3 is 5.63 Å². The van der Waals surface area contributed by atoms with Gasteiger partial charge in [0.1, 0.15) is 17.1 Å². The molecule has 4 aromatic rings. The van der Waals surface area contributed by atoms with Crippen LogP contribution < -0.4 is 5.63 Å². The van der Waals surface area contributed by atoms with Crippen molar-refractivity contribution >= 4 is 11.0 Å². The van der Waals surface area contributed by atoms with E-state index in [9.17, 15) is 14.3 Å². The molecule has 0 spiro atoms. The van der Waals surface area contributed by atoms with Gasteiger partial charge in [-0.05, 0) is 41.0 Å². The summed E-state index contributed by atoms with van der Waals surface area (Å²) in [7, 11) is 0. The Morgan fingerprint density at radius 2 is 1.48 bits per heavy atom. The summed E-state index contributed by atoms with van der Waals surface area (Å²) in [6, 6.07) is 20.8. The Morgan fingerprint density at radius 3 is 2.15 bits per heavy atom. The van der Waals surface area contributed by atoms with Crippen LogP contribution in [0.5, 0.6) is 5.75 Å². The summed E-state index contributed by atoms with van der Waals surface area (Å²) in [5.41, 5.74) is 2.79. The third-order valence-electron chi connectivity index (χ3n) is 4.84. The van der Waals surface area contributed by atoms with E-state index in [2.05, 4.69) is 0 Å². The van der Waals surface area contributed by atoms with Crippen LogP contribution in [0.1, 0.15) is 24.0 Å². The zero-order valence-electron chi connectivity index (χ0n) is 14.6. The van der Waals surface area contributed by atoms with E-state index in [1.165, 1.54) is 12.1 Å². The van der Waals surface area contributed by atoms with Crippen LogP contribution in [0.3, 0.4) is 0 Å². The second-order valence-electron chi connectivity index (χ2n) is 6.50. The first-order chi connectivity index (χ1) is 13.0. The van der Waals surface area contributed by atoms with E-state index >= 15 is 0 Å². The number of para-hydroxylation sites is 1.